The lowest BCUT2D eigenvalue weighted by Gasteiger charge is -2.34. The summed E-state index contributed by atoms with van der Waals surface area (Å²) in [6.45, 7) is 4.58. The SMILES string of the molecule is CCNC(=O)N1CCN(C(=O)c2ccc3noc(-c4ccccc4)c3c2)CC1. The average molecular weight is 378 g/mol. The van der Waals surface area contributed by atoms with Gasteiger partial charge in [0.15, 0.2) is 5.76 Å². The van der Waals surface area contributed by atoms with E-state index in [4.69, 9.17) is 4.52 Å². The van der Waals surface area contributed by atoms with Crippen LogP contribution in [0.5, 0.6) is 0 Å². The third-order valence-corrected chi connectivity index (χ3v) is 4.94. The molecule has 0 bridgehead atoms. The van der Waals surface area contributed by atoms with Crippen LogP contribution in [0.25, 0.3) is 22.2 Å². The molecular formula is C21H22N4O3. The molecule has 1 aliphatic heterocycles. The van der Waals surface area contributed by atoms with Gasteiger partial charge in [0.1, 0.15) is 5.52 Å². The Hall–Kier alpha value is -3.35. The molecule has 1 aliphatic rings. The summed E-state index contributed by atoms with van der Waals surface area (Å²) < 4.78 is 5.52. The fraction of sp³-hybridized carbons (Fsp3) is 0.286. The van der Waals surface area contributed by atoms with Crippen molar-refractivity contribution in [1.29, 1.82) is 0 Å². The second kappa shape index (κ2) is 7.72. The number of piperazine rings is 1. The van der Waals surface area contributed by atoms with Gasteiger partial charge in [-0.2, -0.15) is 0 Å². The van der Waals surface area contributed by atoms with Crippen molar-refractivity contribution in [3.63, 3.8) is 0 Å². The summed E-state index contributed by atoms with van der Waals surface area (Å²) in [5.74, 6) is 0.615. The van der Waals surface area contributed by atoms with Gasteiger partial charge in [0.05, 0.1) is 5.39 Å². The Morgan fingerprint density at radius 2 is 1.75 bits per heavy atom. The van der Waals surface area contributed by atoms with Crippen LogP contribution in [0.2, 0.25) is 0 Å². The Labute approximate surface area is 162 Å². The first-order valence-corrected chi connectivity index (χ1v) is 9.44. The Balaban J connectivity index is 1.53. The van der Waals surface area contributed by atoms with Crippen molar-refractivity contribution in [2.75, 3.05) is 32.7 Å². The van der Waals surface area contributed by atoms with Crippen molar-refractivity contribution < 1.29 is 14.1 Å². The number of hydrogen-bond donors (Lipinski definition) is 1. The van der Waals surface area contributed by atoms with E-state index in [1.54, 1.807) is 15.9 Å². The highest BCUT2D eigenvalue weighted by atomic mass is 16.5. The molecule has 1 N–H and O–H groups in total. The summed E-state index contributed by atoms with van der Waals surface area (Å²) in [6.07, 6.45) is 0. The predicted octanol–water partition coefficient (Wildman–Crippen LogP) is 2.98. The van der Waals surface area contributed by atoms with Gasteiger partial charge >= 0.3 is 6.03 Å². The smallest absolute Gasteiger partial charge is 0.317 e. The molecule has 4 rings (SSSR count). The number of urea groups is 1. The number of nitrogens with one attached hydrogen (secondary N) is 1. The Morgan fingerprint density at radius 1 is 1.04 bits per heavy atom. The van der Waals surface area contributed by atoms with E-state index in [2.05, 4.69) is 10.5 Å². The first-order valence-electron chi connectivity index (χ1n) is 9.44. The third-order valence-electron chi connectivity index (χ3n) is 4.94. The van der Waals surface area contributed by atoms with Gasteiger partial charge in [-0.15, -0.1) is 0 Å². The van der Waals surface area contributed by atoms with Crippen molar-refractivity contribution in [2.24, 2.45) is 0 Å². The van der Waals surface area contributed by atoms with Crippen LogP contribution in [-0.4, -0.2) is 59.6 Å². The van der Waals surface area contributed by atoms with E-state index in [0.29, 0.717) is 44.0 Å². The molecule has 0 aliphatic carbocycles. The van der Waals surface area contributed by atoms with Gasteiger partial charge < -0.3 is 19.6 Å². The van der Waals surface area contributed by atoms with Crippen LogP contribution in [0.3, 0.4) is 0 Å². The van der Waals surface area contributed by atoms with E-state index >= 15 is 0 Å². The molecule has 144 valence electrons. The number of nitrogens with zero attached hydrogens (tertiary/aromatic N) is 3. The molecule has 7 heteroatoms. The number of hydrogen-bond acceptors (Lipinski definition) is 4. The van der Waals surface area contributed by atoms with E-state index in [1.807, 2.05) is 49.4 Å². The van der Waals surface area contributed by atoms with E-state index < -0.39 is 0 Å². The molecule has 0 atom stereocenters. The quantitative estimate of drug-likeness (QED) is 0.760. The highest BCUT2D eigenvalue weighted by Gasteiger charge is 2.25. The number of fused-ring (bicyclic) bond motifs is 1. The van der Waals surface area contributed by atoms with Crippen molar-refractivity contribution in [3.05, 3.63) is 54.1 Å². The Bertz CT molecular complexity index is 991. The number of aromatic nitrogens is 1. The van der Waals surface area contributed by atoms with E-state index in [0.717, 1.165) is 16.5 Å². The molecule has 28 heavy (non-hydrogen) atoms. The van der Waals surface area contributed by atoms with Crippen molar-refractivity contribution >= 4 is 22.8 Å². The Kier molecular flexibility index (Phi) is 4.97. The molecule has 3 amide bonds. The predicted molar refractivity (Wildman–Crippen MR) is 106 cm³/mol. The van der Waals surface area contributed by atoms with E-state index in [-0.39, 0.29) is 11.9 Å². The highest BCUT2D eigenvalue weighted by Crippen LogP contribution is 2.29. The summed E-state index contributed by atoms with van der Waals surface area (Å²) in [5, 5.41) is 7.72. The number of carbonyl (C=O) groups excluding carboxylic acids is 2. The lowest BCUT2D eigenvalue weighted by molar-refractivity contribution is 0.0665. The van der Waals surface area contributed by atoms with Gasteiger partial charge in [-0.25, -0.2) is 4.79 Å². The maximum atomic E-state index is 13.0. The molecule has 2 heterocycles. The molecule has 1 fully saturated rings. The van der Waals surface area contributed by atoms with Gasteiger partial charge in [0, 0.05) is 43.9 Å². The van der Waals surface area contributed by atoms with Crippen LogP contribution in [0, 0.1) is 0 Å². The Morgan fingerprint density at radius 3 is 2.46 bits per heavy atom. The monoisotopic (exact) mass is 378 g/mol. The minimum absolute atomic E-state index is 0.0438. The number of carbonyl (C=O) groups is 2. The summed E-state index contributed by atoms with van der Waals surface area (Å²) in [4.78, 5) is 28.4. The first-order chi connectivity index (χ1) is 13.7. The highest BCUT2D eigenvalue weighted by molar-refractivity contribution is 6.01. The zero-order valence-electron chi connectivity index (χ0n) is 15.7. The van der Waals surface area contributed by atoms with Gasteiger partial charge in [0.2, 0.25) is 0 Å². The van der Waals surface area contributed by atoms with Crippen LogP contribution in [0.15, 0.2) is 53.1 Å². The summed E-state index contributed by atoms with van der Waals surface area (Å²) >= 11 is 0. The van der Waals surface area contributed by atoms with Crippen LogP contribution in [-0.2, 0) is 0 Å². The molecule has 0 saturated carbocycles. The normalized spacial score (nSPS) is 14.3. The maximum Gasteiger partial charge on any atom is 0.317 e. The lowest BCUT2D eigenvalue weighted by atomic mass is 10.1. The molecule has 3 aromatic rings. The van der Waals surface area contributed by atoms with Crippen molar-refractivity contribution in [1.82, 2.24) is 20.3 Å². The third kappa shape index (κ3) is 3.43. The summed E-state index contributed by atoms with van der Waals surface area (Å²) in [7, 11) is 0. The average Bonchev–Trinajstić information content (AvgIpc) is 3.17. The van der Waals surface area contributed by atoms with E-state index in [9.17, 15) is 9.59 Å². The van der Waals surface area contributed by atoms with Gasteiger partial charge in [-0.3, -0.25) is 4.79 Å². The van der Waals surface area contributed by atoms with Crippen LogP contribution >= 0.6 is 0 Å². The summed E-state index contributed by atoms with van der Waals surface area (Å²) in [5.41, 5.74) is 2.24. The zero-order valence-corrected chi connectivity index (χ0v) is 15.7. The summed E-state index contributed by atoms with van der Waals surface area (Å²) in [6, 6.07) is 15.1. The molecule has 0 unspecified atom stereocenters. The molecule has 0 spiro atoms. The van der Waals surface area contributed by atoms with Gasteiger partial charge in [0.25, 0.3) is 5.91 Å². The minimum Gasteiger partial charge on any atom is -0.355 e. The standard InChI is InChI=1S/C21H22N4O3/c1-2-22-21(27)25-12-10-24(11-13-25)20(26)16-8-9-18-17(14-16)19(28-23-18)15-6-4-3-5-7-15/h3-9,14H,2,10-13H2,1H3,(H,22,27). The molecular weight excluding hydrogens is 356 g/mol. The topological polar surface area (TPSA) is 78.7 Å². The number of rotatable bonds is 3. The largest absolute Gasteiger partial charge is 0.355 e. The zero-order chi connectivity index (χ0) is 19.5. The lowest BCUT2D eigenvalue weighted by Crippen LogP contribution is -2.53. The maximum absolute atomic E-state index is 13.0. The molecule has 1 aromatic heterocycles. The number of benzene rings is 2. The second-order valence-electron chi connectivity index (χ2n) is 6.72. The number of amides is 3. The van der Waals surface area contributed by atoms with Gasteiger partial charge in [-0.1, -0.05) is 35.5 Å². The molecule has 0 radical (unpaired) electrons. The minimum atomic E-state index is -0.0759. The molecule has 2 aromatic carbocycles. The van der Waals surface area contributed by atoms with Crippen LogP contribution < -0.4 is 5.32 Å². The van der Waals surface area contributed by atoms with Crippen LogP contribution in [0.4, 0.5) is 4.79 Å². The molecule has 7 nitrogen and oxygen atoms in total. The fourth-order valence-corrected chi connectivity index (χ4v) is 3.43. The van der Waals surface area contributed by atoms with Crippen LogP contribution in [0.1, 0.15) is 17.3 Å². The van der Waals surface area contributed by atoms with Gasteiger partial charge in [-0.05, 0) is 25.1 Å². The van der Waals surface area contributed by atoms with E-state index in [1.165, 1.54) is 0 Å². The second-order valence-corrected chi connectivity index (χ2v) is 6.72. The van der Waals surface area contributed by atoms with Crippen molar-refractivity contribution in [3.8, 4) is 11.3 Å². The fourth-order valence-electron chi connectivity index (χ4n) is 3.43. The van der Waals surface area contributed by atoms with Crippen molar-refractivity contribution in [2.45, 2.75) is 6.92 Å². The molecule has 1 saturated heterocycles. The first kappa shape index (κ1) is 18.0.